The SMILES string of the molecule is CCOC(=O)C1CCc2sc(NCCS(=O)(=O)CC)nc21. The fourth-order valence-corrected chi connectivity index (χ4v) is 4.00. The minimum absolute atomic E-state index is 0.0923. The second kappa shape index (κ2) is 6.74. The van der Waals surface area contributed by atoms with Gasteiger partial charge in [0.2, 0.25) is 0 Å². The van der Waals surface area contributed by atoms with Crippen molar-refractivity contribution in [3.63, 3.8) is 0 Å². The molecule has 1 unspecified atom stereocenters. The van der Waals surface area contributed by atoms with E-state index in [1.807, 2.05) is 0 Å². The van der Waals surface area contributed by atoms with Gasteiger partial charge < -0.3 is 10.1 Å². The van der Waals surface area contributed by atoms with Crippen LogP contribution in [0.3, 0.4) is 0 Å². The van der Waals surface area contributed by atoms with Crippen molar-refractivity contribution >= 4 is 32.3 Å². The largest absolute Gasteiger partial charge is 0.465 e. The standard InChI is InChI=1S/C13H20N2O4S2/c1-3-19-12(16)9-5-6-10-11(9)15-13(20-10)14-7-8-21(17,18)4-2/h9H,3-8H2,1-2H3,(H,14,15). The summed E-state index contributed by atoms with van der Waals surface area (Å²) >= 11 is 1.49. The third-order valence-electron chi connectivity index (χ3n) is 3.42. The molecule has 0 fully saturated rings. The van der Waals surface area contributed by atoms with Crippen LogP contribution in [0.5, 0.6) is 0 Å². The van der Waals surface area contributed by atoms with Crippen molar-refractivity contribution < 1.29 is 17.9 Å². The van der Waals surface area contributed by atoms with E-state index in [0.717, 1.165) is 23.4 Å². The monoisotopic (exact) mass is 332 g/mol. The van der Waals surface area contributed by atoms with Gasteiger partial charge in [0.15, 0.2) is 15.0 Å². The lowest BCUT2D eigenvalue weighted by Gasteiger charge is -2.08. The summed E-state index contributed by atoms with van der Waals surface area (Å²) in [5.41, 5.74) is 0.791. The number of rotatable bonds is 7. The van der Waals surface area contributed by atoms with Crippen LogP contribution in [0.4, 0.5) is 5.13 Å². The summed E-state index contributed by atoms with van der Waals surface area (Å²) in [7, 11) is -2.98. The highest BCUT2D eigenvalue weighted by Gasteiger charge is 2.33. The number of anilines is 1. The Labute approximate surface area is 128 Å². The van der Waals surface area contributed by atoms with Gasteiger partial charge in [0.05, 0.1) is 18.1 Å². The molecule has 1 N–H and O–H groups in total. The van der Waals surface area contributed by atoms with Crippen molar-refractivity contribution in [1.29, 1.82) is 0 Å². The van der Waals surface area contributed by atoms with Crippen molar-refractivity contribution in [3.05, 3.63) is 10.6 Å². The Hall–Kier alpha value is -1.15. The predicted octanol–water partition coefficient (Wildman–Crippen LogP) is 1.58. The molecule has 0 aromatic carbocycles. The highest BCUT2D eigenvalue weighted by atomic mass is 32.2. The van der Waals surface area contributed by atoms with Crippen LogP contribution < -0.4 is 5.32 Å². The summed E-state index contributed by atoms with van der Waals surface area (Å²) in [6.07, 6.45) is 1.57. The van der Waals surface area contributed by atoms with Crippen LogP contribution >= 0.6 is 11.3 Å². The summed E-state index contributed by atoms with van der Waals surface area (Å²) in [5.74, 6) is -0.254. The summed E-state index contributed by atoms with van der Waals surface area (Å²) in [5, 5.41) is 3.71. The molecule has 1 aromatic rings. The number of aryl methyl sites for hydroxylation is 1. The van der Waals surface area contributed by atoms with Crippen LogP contribution in [-0.2, 0) is 25.8 Å². The zero-order valence-electron chi connectivity index (χ0n) is 12.2. The molecular formula is C13H20N2O4S2. The average molecular weight is 332 g/mol. The van der Waals surface area contributed by atoms with E-state index in [-0.39, 0.29) is 23.4 Å². The molecule has 2 rings (SSSR count). The molecular weight excluding hydrogens is 312 g/mol. The first-order chi connectivity index (χ1) is 9.96. The Balaban J connectivity index is 1.97. The van der Waals surface area contributed by atoms with Gasteiger partial charge in [-0.05, 0) is 19.8 Å². The first kappa shape index (κ1) is 16.2. The summed E-state index contributed by atoms with van der Waals surface area (Å²) in [6, 6.07) is 0. The molecule has 1 atom stereocenters. The van der Waals surface area contributed by atoms with Gasteiger partial charge in [-0.1, -0.05) is 6.92 Å². The smallest absolute Gasteiger partial charge is 0.315 e. The van der Waals surface area contributed by atoms with Crippen LogP contribution in [0.1, 0.15) is 36.8 Å². The number of nitrogens with one attached hydrogen (secondary N) is 1. The van der Waals surface area contributed by atoms with Crippen molar-refractivity contribution in [3.8, 4) is 0 Å². The fraction of sp³-hybridized carbons (Fsp3) is 0.692. The lowest BCUT2D eigenvalue weighted by atomic mass is 10.1. The van der Waals surface area contributed by atoms with Gasteiger partial charge in [0.25, 0.3) is 0 Å². The van der Waals surface area contributed by atoms with Crippen LogP contribution in [0.15, 0.2) is 0 Å². The van der Waals surface area contributed by atoms with E-state index in [0.29, 0.717) is 18.3 Å². The van der Waals surface area contributed by atoms with E-state index in [4.69, 9.17) is 4.74 Å². The molecule has 1 aromatic heterocycles. The van der Waals surface area contributed by atoms with Crippen molar-refractivity contribution in [2.45, 2.75) is 32.6 Å². The molecule has 0 aliphatic heterocycles. The zero-order valence-corrected chi connectivity index (χ0v) is 13.8. The fourth-order valence-electron chi connectivity index (χ4n) is 2.23. The molecule has 1 aliphatic carbocycles. The number of hydrogen-bond donors (Lipinski definition) is 1. The minimum atomic E-state index is -2.98. The summed E-state index contributed by atoms with van der Waals surface area (Å²) < 4.78 is 27.9. The number of ether oxygens (including phenoxy) is 1. The number of hydrogen-bond acceptors (Lipinski definition) is 7. The lowest BCUT2D eigenvalue weighted by molar-refractivity contribution is -0.145. The van der Waals surface area contributed by atoms with Gasteiger partial charge in [0, 0.05) is 17.2 Å². The highest BCUT2D eigenvalue weighted by molar-refractivity contribution is 7.91. The molecule has 0 radical (unpaired) electrons. The molecule has 0 saturated heterocycles. The van der Waals surface area contributed by atoms with Gasteiger partial charge in [-0.15, -0.1) is 11.3 Å². The van der Waals surface area contributed by atoms with Gasteiger partial charge in [-0.3, -0.25) is 4.79 Å². The van der Waals surface area contributed by atoms with Crippen molar-refractivity contribution in [1.82, 2.24) is 4.98 Å². The number of carbonyl (C=O) groups is 1. The van der Waals surface area contributed by atoms with E-state index in [9.17, 15) is 13.2 Å². The maximum atomic E-state index is 11.8. The molecule has 0 bridgehead atoms. The molecule has 0 amide bonds. The van der Waals surface area contributed by atoms with Crippen LogP contribution in [-0.4, -0.2) is 44.0 Å². The second-order valence-electron chi connectivity index (χ2n) is 4.83. The third-order valence-corrected chi connectivity index (χ3v) is 6.21. The Morgan fingerprint density at radius 2 is 2.24 bits per heavy atom. The van der Waals surface area contributed by atoms with Crippen molar-refractivity contribution in [2.24, 2.45) is 0 Å². The van der Waals surface area contributed by atoms with Crippen LogP contribution in [0.2, 0.25) is 0 Å². The zero-order chi connectivity index (χ0) is 15.5. The van der Waals surface area contributed by atoms with E-state index in [1.165, 1.54) is 11.3 Å². The number of nitrogens with zero attached hydrogens (tertiary/aromatic N) is 1. The highest BCUT2D eigenvalue weighted by Crippen LogP contribution is 2.38. The maximum absolute atomic E-state index is 11.8. The molecule has 21 heavy (non-hydrogen) atoms. The Bertz CT molecular complexity index is 610. The van der Waals surface area contributed by atoms with Gasteiger partial charge in [-0.25, -0.2) is 13.4 Å². The number of sulfone groups is 1. The van der Waals surface area contributed by atoms with Gasteiger partial charge in [-0.2, -0.15) is 0 Å². The first-order valence-electron chi connectivity index (χ1n) is 7.07. The number of fused-ring (bicyclic) bond motifs is 1. The molecule has 118 valence electrons. The molecule has 1 aliphatic rings. The Kier molecular flexibility index (Phi) is 5.21. The van der Waals surface area contributed by atoms with E-state index in [1.54, 1.807) is 13.8 Å². The lowest BCUT2D eigenvalue weighted by Crippen LogP contribution is -2.17. The quantitative estimate of drug-likeness (QED) is 0.763. The topological polar surface area (TPSA) is 85.4 Å². The molecule has 0 spiro atoms. The van der Waals surface area contributed by atoms with Gasteiger partial charge >= 0.3 is 5.97 Å². The number of thiazole rings is 1. The predicted molar refractivity (Wildman–Crippen MR) is 82.6 cm³/mol. The summed E-state index contributed by atoms with van der Waals surface area (Å²) in [4.78, 5) is 17.4. The van der Waals surface area contributed by atoms with Crippen molar-refractivity contribution in [2.75, 3.05) is 30.0 Å². The van der Waals surface area contributed by atoms with E-state index in [2.05, 4.69) is 10.3 Å². The maximum Gasteiger partial charge on any atom is 0.315 e. The molecule has 0 saturated carbocycles. The molecule has 1 heterocycles. The number of aromatic nitrogens is 1. The summed E-state index contributed by atoms with van der Waals surface area (Å²) in [6.45, 7) is 4.13. The average Bonchev–Trinajstić information content (AvgIpc) is 2.98. The molecule has 8 heteroatoms. The van der Waals surface area contributed by atoms with Gasteiger partial charge in [0.1, 0.15) is 5.92 Å². The molecule has 6 nitrogen and oxygen atoms in total. The Morgan fingerprint density at radius 1 is 1.48 bits per heavy atom. The Morgan fingerprint density at radius 3 is 2.90 bits per heavy atom. The second-order valence-corrected chi connectivity index (χ2v) is 8.39. The van der Waals surface area contributed by atoms with Crippen LogP contribution in [0.25, 0.3) is 0 Å². The van der Waals surface area contributed by atoms with E-state index >= 15 is 0 Å². The first-order valence-corrected chi connectivity index (χ1v) is 9.71. The van der Waals surface area contributed by atoms with Crippen LogP contribution in [0, 0.1) is 0 Å². The minimum Gasteiger partial charge on any atom is -0.465 e. The number of carbonyl (C=O) groups excluding carboxylic acids is 1. The van der Waals surface area contributed by atoms with E-state index < -0.39 is 9.84 Å². The third kappa shape index (κ3) is 3.94. The normalized spacial score (nSPS) is 17.5. The number of esters is 1.